The highest BCUT2D eigenvalue weighted by atomic mass is 35.5. The van der Waals surface area contributed by atoms with Crippen LogP contribution in [0.1, 0.15) is 23.2 Å². The zero-order valence-electron chi connectivity index (χ0n) is 13.6. The molecule has 1 amide bonds. The van der Waals surface area contributed by atoms with Crippen LogP contribution in [0.25, 0.3) is 0 Å². The molecule has 1 aromatic carbocycles. The van der Waals surface area contributed by atoms with Gasteiger partial charge in [0.05, 0.1) is 31.3 Å². The molecule has 0 bridgehead atoms. The number of primary sulfonamides is 1. The summed E-state index contributed by atoms with van der Waals surface area (Å²) in [6.45, 7) is 2.25. The van der Waals surface area contributed by atoms with Crippen molar-refractivity contribution in [2.45, 2.75) is 17.7 Å². The minimum absolute atomic E-state index is 0. The van der Waals surface area contributed by atoms with Gasteiger partial charge in [-0.25, -0.2) is 13.6 Å². The number of rotatable bonds is 6. The van der Waals surface area contributed by atoms with E-state index in [1.807, 2.05) is 0 Å². The first-order valence-electron chi connectivity index (χ1n) is 7.16. The van der Waals surface area contributed by atoms with Gasteiger partial charge in [0, 0.05) is 6.07 Å². The van der Waals surface area contributed by atoms with Gasteiger partial charge in [-0.1, -0.05) is 0 Å². The molecular formula is C14H22ClN3O5S. The molecule has 0 spiro atoms. The van der Waals surface area contributed by atoms with Crippen LogP contribution in [0, 0.1) is 0 Å². The van der Waals surface area contributed by atoms with Crippen LogP contribution in [0.2, 0.25) is 0 Å². The Morgan fingerprint density at radius 1 is 1.25 bits per heavy atom. The van der Waals surface area contributed by atoms with Crippen molar-refractivity contribution in [3.05, 3.63) is 17.7 Å². The number of likely N-dealkylation sites (tertiary alicyclic amines) is 1. The van der Waals surface area contributed by atoms with E-state index in [9.17, 15) is 13.2 Å². The molecule has 10 heteroatoms. The third-order valence-corrected chi connectivity index (χ3v) is 4.58. The molecule has 1 aromatic rings. The molecule has 1 fully saturated rings. The molecule has 8 nitrogen and oxygen atoms in total. The van der Waals surface area contributed by atoms with Gasteiger partial charge >= 0.3 is 0 Å². The van der Waals surface area contributed by atoms with E-state index in [4.69, 9.17) is 14.6 Å². The van der Waals surface area contributed by atoms with Crippen molar-refractivity contribution in [1.29, 1.82) is 0 Å². The van der Waals surface area contributed by atoms with E-state index in [-0.39, 0.29) is 34.4 Å². The third-order valence-electron chi connectivity index (χ3n) is 3.69. The lowest BCUT2D eigenvalue weighted by Crippen LogP contribution is -2.36. The molecule has 0 atom stereocenters. The Hall–Kier alpha value is -1.55. The SMILES string of the molecule is COc1cc(S(N)(=O)=O)cc(C(=O)NCN2CCCC2)c1OC.Cl. The number of nitrogens with two attached hydrogens (primary N) is 1. The molecule has 0 aromatic heterocycles. The average molecular weight is 380 g/mol. The average Bonchev–Trinajstić information content (AvgIpc) is 3.03. The number of nitrogens with one attached hydrogen (secondary N) is 1. The van der Waals surface area contributed by atoms with Gasteiger partial charge in [-0.05, 0) is 32.0 Å². The van der Waals surface area contributed by atoms with Gasteiger partial charge in [-0.2, -0.15) is 0 Å². The largest absolute Gasteiger partial charge is 0.493 e. The van der Waals surface area contributed by atoms with Crippen LogP contribution in [-0.4, -0.2) is 53.2 Å². The molecule has 2 rings (SSSR count). The molecule has 0 radical (unpaired) electrons. The molecule has 1 heterocycles. The van der Waals surface area contributed by atoms with E-state index in [1.165, 1.54) is 26.4 Å². The predicted molar refractivity (Wildman–Crippen MR) is 91.3 cm³/mol. The topological polar surface area (TPSA) is 111 Å². The third kappa shape index (κ3) is 4.73. The van der Waals surface area contributed by atoms with Crippen molar-refractivity contribution >= 4 is 28.3 Å². The highest BCUT2D eigenvalue weighted by molar-refractivity contribution is 7.89. The van der Waals surface area contributed by atoms with Crippen LogP contribution in [-0.2, 0) is 10.0 Å². The molecule has 0 unspecified atom stereocenters. The van der Waals surface area contributed by atoms with Crippen molar-refractivity contribution in [2.24, 2.45) is 5.14 Å². The Labute approximate surface area is 147 Å². The molecular weight excluding hydrogens is 358 g/mol. The molecule has 1 aliphatic heterocycles. The second-order valence-electron chi connectivity index (χ2n) is 5.24. The fourth-order valence-corrected chi connectivity index (χ4v) is 3.05. The molecule has 0 aliphatic carbocycles. The highest BCUT2D eigenvalue weighted by Crippen LogP contribution is 2.33. The monoisotopic (exact) mass is 379 g/mol. The summed E-state index contributed by atoms with van der Waals surface area (Å²) in [5, 5.41) is 7.91. The minimum Gasteiger partial charge on any atom is -0.493 e. The summed E-state index contributed by atoms with van der Waals surface area (Å²) in [7, 11) is -1.23. The second kappa shape index (κ2) is 8.52. The van der Waals surface area contributed by atoms with E-state index in [2.05, 4.69) is 10.2 Å². The van der Waals surface area contributed by atoms with Crippen molar-refractivity contribution in [3.63, 3.8) is 0 Å². The van der Waals surface area contributed by atoms with Crippen molar-refractivity contribution in [1.82, 2.24) is 10.2 Å². The first-order valence-corrected chi connectivity index (χ1v) is 8.71. The number of amides is 1. The normalized spacial score (nSPS) is 14.8. The number of sulfonamides is 1. The lowest BCUT2D eigenvalue weighted by atomic mass is 10.1. The first-order chi connectivity index (χ1) is 10.9. The smallest absolute Gasteiger partial charge is 0.256 e. The Bertz CT molecular complexity index is 690. The lowest BCUT2D eigenvalue weighted by Gasteiger charge is -2.17. The van der Waals surface area contributed by atoms with Gasteiger partial charge in [0.25, 0.3) is 5.91 Å². The molecule has 0 saturated carbocycles. The van der Waals surface area contributed by atoms with Crippen LogP contribution < -0.4 is 19.9 Å². The summed E-state index contributed by atoms with van der Waals surface area (Å²) >= 11 is 0. The zero-order chi connectivity index (χ0) is 17.0. The number of carbonyl (C=O) groups excluding carboxylic acids is 1. The molecule has 24 heavy (non-hydrogen) atoms. The number of methoxy groups -OCH3 is 2. The standard InChI is InChI=1S/C14H21N3O5S.ClH/c1-21-12-8-10(23(15,19)20)7-11(13(12)22-2)14(18)16-9-17-5-3-4-6-17;/h7-8H,3-6,9H2,1-2H3,(H,16,18)(H2,15,19,20);1H. The van der Waals surface area contributed by atoms with E-state index in [0.29, 0.717) is 6.67 Å². The number of halogens is 1. The number of ether oxygens (including phenoxy) is 2. The van der Waals surface area contributed by atoms with Crippen molar-refractivity contribution < 1.29 is 22.7 Å². The maximum atomic E-state index is 12.4. The molecule has 1 aliphatic rings. The lowest BCUT2D eigenvalue weighted by molar-refractivity contribution is 0.0926. The summed E-state index contributed by atoms with van der Waals surface area (Å²) in [6.07, 6.45) is 2.21. The van der Waals surface area contributed by atoms with Crippen LogP contribution >= 0.6 is 12.4 Å². The summed E-state index contributed by atoms with van der Waals surface area (Å²) in [4.78, 5) is 14.3. The van der Waals surface area contributed by atoms with Crippen molar-refractivity contribution in [3.8, 4) is 11.5 Å². The van der Waals surface area contributed by atoms with E-state index < -0.39 is 15.9 Å². The fraction of sp³-hybridized carbons (Fsp3) is 0.500. The Balaban J connectivity index is 0.00000288. The van der Waals surface area contributed by atoms with E-state index in [0.717, 1.165) is 25.9 Å². The summed E-state index contributed by atoms with van der Waals surface area (Å²) < 4.78 is 33.5. The number of hydrogen-bond acceptors (Lipinski definition) is 6. The predicted octanol–water partition coefficient (Wildman–Crippen LogP) is 0.556. The number of hydrogen-bond donors (Lipinski definition) is 2. The summed E-state index contributed by atoms with van der Waals surface area (Å²) in [5.41, 5.74) is 0.0649. The van der Waals surface area contributed by atoms with Gasteiger partial charge in [-0.15, -0.1) is 12.4 Å². The number of nitrogens with zero attached hydrogens (tertiary/aromatic N) is 1. The van der Waals surface area contributed by atoms with E-state index >= 15 is 0 Å². The van der Waals surface area contributed by atoms with Gasteiger partial charge in [-0.3, -0.25) is 9.69 Å². The van der Waals surface area contributed by atoms with Crippen LogP contribution in [0.15, 0.2) is 17.0 Å². The molecule has 136 valence electrons. The maximum Gasteiger partial charge on any atom is 0.256 e. The van der Waals surface area contributed by atoms with E-state index in [1.54, 1.807) is 0 Å². The van der Waals surface area contributed by atoms with Gasteiger partial charge in [0.2, 0.25) is 10.0 Å². The number of carbonyl (C=O) groups is 1. The summed E-state index contributed by atoms with van der Waals surface area (Å²) in [6, 6.07) is 2.42. The quantitative estimate of drug-likeness (QED) is 0.747. The van der Waals surface area contributed by atoms with Gasteiger partial charge < -0.3 is 14.8 Å². The molecule has 1 saturated heterocycles. The fourth-order valence-electron chi connectivity index (χ4n) is 2.49. The van der Waals surface area contributed by atoms with Crippen molar-refractivity contribution in [2.75, 3.05) is 34.0 Å². The van der Waals surface area contributed by atoms with Crippen LogP contribution in [0.5, 0.6) is 11.5 Å². The Morgan fingerprint density at radius 3 is 2.38 bits per heavy atom. The van der Waals surface area contributed by atoms with Gasteiger partial charge in [0.15, 0.2) is 11.5 Å². The Kier molecular flexibility index (Phi) is 7.27. The second-order valence-corrected chi connectivity index (χ2v) is 6.80. The molecule has 3 N–H and O–H groups in total. The zero-order valence-corrected chi connectivity index (χ0v) is 15.2. The Morgan fingerprint density at radius 2 is 1.88 bits per heavy atom. The summed E-state index contributed by atoms with van der Waals surface area (Å²) in [5.74, 6) is -0.151. The first kappa shape index (κ1) is 20.5. The van der Waals surface area contributed by atoms with Crippen LogP contribution in [0.3, 0.4) is 0 Å². The number of benzene rings is 1. The minimum atomic E-state index is -3.97. The van der Waals surface area contributed by atoms with Crippen LogP contribution in [0.4, 0.5) is 0 Å². The highest BCUT2D eigenvalue weighted by Gasteiger charge is 2.23. The van der Waals surface area contributed by atoms with Gasteiger partial charge in [0.1, 0.15) is 0 Å². The maximum absolute atomic E-state index is 12.4.